The Balaban J connectivity index is 1.79. The third-order valence-corrected chi connectivity index (χ3v) is 2.37. The molecule has 1 N–H and O–H groups in total. The molecule has 1 fully saturated rings. The highest BCUT2D eigenvalue weighted by Crippen LogP contribution is 2.32. The molecule has 0 aromatic rings. The summed E-state index contributed by atoms with van der Waals surface area (Å²) in [5, 5.41) is 3.44. The number of rotatable bonds is 7. The van der Waals surface area contributed by atoms with Gasteiger partial charge >= 0.3 is 0 Å². The van der Waals surface area contributed by atoms with Gasteiger partial charge in [-0.2, -0.15) is 0 Å². The molecule has 13 heavy (non-hydrogen) atoms. The van der Waals surface area contributed by atoms with E-state index >= 15 is 0 Å². The molecule has 0 radical (unpaired) electrons. The molecule has 0 aromatic heterocycles. The van der Waals surface area contributed by atoms with E-state index < -0.39 is 0 Å². The number of hydrogen-bond acceptors (Lipinski definition) is 1. The van der Waals surface area contributed by atoms with Gasteiger partial charge in [0.25, 0.3) is 0 Å². The first-order valence-corrected chi connectivity index (χ1v) is 5.64. The molecule has 0 amide bonds. The van der Waals surface area contributed by atoms with Gasteiger partial charge in [0.05, 0.1) is 0 Å². The lowest BCUT2D eigenvalue weighted by Crippen LogP contribution is -2.20. The minimum absolute atomic E-state index is 0.774. The van der Waals surface area contributed by atoms with Crippen molar-refractivity contribution in [1.29, 1.82) is 0 Å². The summed E-state index contributed by atoms with van der Waals surface area (Å²) in [6, 6.07) is 0. The van der Waals surface area contributed by atoms with Crippen LogP contribution in [-0.4, -0.2) is 13.1 Å². The molecular weight excluding hydrogens is 158 g/mol. The Kier molecular flexibility index (Phi) is 5.14. The zero-order valence-corrected chi connectivity index (χ0v) is 9.05. The first kappa shape index (κ1) is 10.8. The molecule has 1 aliphatic carbocycles. The van der Waals surface area contributed by atoms with Gasteiger partial charge in [0.15, 0.2) is 0 Å². The molecule has 76 valence electrons. The maximum Gasteiger partial charge on any atom is -0.00142 e. The van der Waals surface area contributed by atoms with Crippen molar-refractivity contribution in [2.75, 3.05) is 13.1 Å². The Morgan fingerprint density at radius 3 is 2.69 bits per heavy atom. The van der Waals surface area contributed by atoms with Crippen LogP contribution in [0.25, 0.3) is 0 Å². The summed E-state index contributed by atoms with van der Waals surface area (Å²) in [5.41, 5.74) is 0. The third-order valence-electron chi connectivity index (χ3n) is 2.37. The highest BCUT2D eigenvalue weighted by Gasteiger charge is 2.18. The molecule has 0 aliphatic heterocycles. The Hall–Kier alpha value is -0.300. The summed E-state index contributed by atoms with van der Waals surface area (Å²) in [6.45, 7) is 6.78. The third kappa shape index (κ3) is 6.83. The van der Waals surface area contributed by atoms with Crippen LogP contribution in [-0.2, 0) is 0 Å². The van der Waals surface area contributed by atoms with Crippen molar-refractivity contribution >= 4 is 0 Å². The summed E-state index contributed by atoms with van der Waals surface area (Å²) in [7, 11) is 0. The summed E-state index contributed by atoms with van der Waals surface area (Å²) in [6.07, 6.45) is 10.1. The highest BCUT2D eigenvalue weighted by molar-refractivity contribution is 4.88. The first-order chi connectivity index (χ1) is 6.29. The smallest absolute Gasteiger partial charge is 0.00142 e. The number of allylic oxidation sites excluding steroid dienone is 1. The monoisotopic (exact) mass is 181 g/mol. The average Bonchev–Trinajstić information content (AvgIpc) is 2.86. The molecule has 1 heteroatoms. The minimum atomic E-state index is 0.774. The second-order valence-corrected chi connectivity index (χ2v) is 4.54. The lowest BCUT2D eigenvalue weighted by molar-refractivity contribution is 0.556. The van der Waals surface area contributed by atoms with Crippen LogP contribution in [0.15, 0.2) is 12.2 Å². The fourth-order valence-corrected chi connectivity index (χ4v) is 1.34. The van der Waals surface area contributed by atoms with E-state index in [0.717, 1.165) is 24.9 Å². The van der Waals surface area contributed by atoms with E-state index in [1.807, 2.05) is 0 Å². The van der Waals surface area contributed by atoms with Crippen LogP contribution in [0.2, 0.25) is 0 Å². The van der Waals surface area contributed by atoms with Gasteiger partial charge in [0.2, 0.25) is 0 Å². The fourth-order valence-electron chi connectivity index (χ4n) is 1.34. The van der Waals surface area contributed by atoms with Gasteiger partial charge in [-0.3, -0.25) is 0 Å². The van der Waals surface area contributed by atoms with Gasteiger partial charge in [0.1, 0.15) is 0 Å². The molecule has 0 heterocycles. The zero-order valence-electron chi connectivity index (χ0n) is 9.05. The molecular formula is C12H23N. The van der Waals surface area contributed by atoms with E-state index in [9.17, 15) is 0 Å². The number of nitrogens with one attached hydrogen (secondary N) is 1. The van der Waals surface area contributed by atoms with Gasteiger partial charge in [-0.15, -0.1) is 0 Å². The average molecular weight is 181 g/mol. The summed E-state index contributed by atoms with van der Waals surface area (Å²) in [5.74, 6) is 1.82. The van der Waals surface area contributed by atoms with E-state index in [1.165, 1.54) is 25.7 Å². The summed E-state index contributed by atoms with van der Waals surface area (Å²) in [4.78, 5) is 0. The topological polar surface area (TPSA) is 12.0 Å². The maximum atomic E-state index is 3.44. The molecule has 0 aromatic carbocycles. The summed E-state index contributed by atoms with van der Waals surface area (Å²) >= 11 is 0. The Morgan fingerprint density at radius 1 is 1.31 bits per heavy atom. The van der Waals surface area contributed by atoms with E-state index in [4.69, 9.17) is 0 Å². The van der Waals surface area contributed by atoms with Crippen LogP contribution in [0.5, 0.6) is 0 Å². The minimum Gasteiger partial charge on any atom is -0.316 e. The highest BCUT2D eigenvalue weighted by atomic mass is 14.8. The van der Waals surface area contributed by atoms with Crippen molar-refractivity contribution < 1.29 is 0 Å². The van der Waals surface area contributed by atoms with Crippen molar-refractivity contribution in [3.8, 4) is 0 Å². The van der Waals surface area contributed by atoms with Gasteiger partial charge in [-0.1, -0.05) is 26.0 Å². The molecule has 0 atom stereocenters. The Labute approximate surface area is 82.6 Å². The quantitative estimate of drug-likeness (QED) is 0.470. The fraction of sp³-hybridized carbons (Fsp3) is 0.833. The van der Waals surface area contributed by atoms with E-state index in [-0.39, 0.29) is 0 Å². The van der Waals surface area contributed by atoms with E-state index in [1.54, 1.807) is 0 Å². The van der Waals surface area contributed by atoms with Crippen LogP contribution < -0.4 is 5.32 Å². The second kappa shape index (κ2) is 6.20. The zero-order chi connectivity index (χ0) is 9.52. The lowest BCUT2D eigenvalue weighted by Gasteiger charge is -2.04. The van der Waals surface area contributed by atoms with Crippen LogP contribution in [0.3, 0.4) is 0 Å². The van der Waals surface area contributed by atoms with Gasteiger partial charge in [-0.05, 0) is 50.6 Å². The molecule has 0 bridgehead atoms. The predicted octanol–water partition coefficient (Wildman–Crippen LogP) is 2.98. The Bertz CT molecular complexity index is 145. The molecule has 0 spiro atoms. The molecule has 1 saturated carbocycles. The maximum absolute atomic E-state index is 3.44. The van der Waals surface area contributed by atoms with Crippen molar-refractivity contribution in [3.63, 3.8) is 0 Å². The normalized spacial score (nSPS) is 17.5. The lowest BCUT2D eigenvalue weighted by atomic mass is 10.2. The van der Waals surface area contributed by atoms with Crippen LogP contribution in [0, 0.1) is 11.8 Å². The number of hydrogen-bond donors (Lipinski definition) is 1. The van der Waals surface area contributed by atoms with Crippen LogP contribution in [0.4, 0.5) is 0 Å². The van der Waals surface area contributed by atoms with Crippen molar-refractivity contribution in [3.05, 3.63) is 12.2 Å². The molecule has 1 nitrogen and oxygen atoms in total. The van der Waals surface area contributed by atoms with E-state index in [2.05, 4.69) is 31.3 Å². The molecule has 1 rings (SSSR count). The molecule has 0 unspecified atom stereocenters. The summed E-state index contributed by atoms with van der Waals surface area (Å²) < 4.78 is 0. The molecule has 1 aliphatic rings. The van der Waals surface area contributed by atoms with Gasteiger partial charge in [0, 0.05) is 0 Å². The van der Waals surface area contributed by atoms with Gasteiger partial charge in [-0.25, -0.2) is 0 Å². The standard InChI is InChI=1S/C12H23N/c1-11(2)10-13-9-5-3-4-6-12-7-8-12/h3-4,11-13H,5-10H2,1-2H3. The first-order valence-electron chi connectivity index (χ1n) is 5.64. The van der Waals surface area contributed by atoms with Crippen molar-refractivity contribution in [1.82, 2.24) is 5.32 Å². The Morgan fingerprint density at radius 2 is 2.08 bits per heavy atom. The SMILES string of the molecule is CC(C)CNCCC=CCC1CC1. The van der Waals surface area contributed by atoms with Crippen molar-refractivity contribution in [2.45, 2.75) is 39.5 Å². The van der Waals surface area contributed by atoms with Crippen LogP contribution in [0.1, 0.15) is 39.5 Å². The molecule has 0 saturated heterocycles. The van der Waals surface area contributed by atoms with Crippen LogP contribution >= 0.6 is 0 Å². The predicted molar refractivity (Wildman–Crippen MR) is 58.8 cm³/mol. The second-order valence-electron chi connectivity index (χ2n) is 4.54. The van der Waals surface area contributed by atoms with E-state index in [0.29, 0.717) is 0 Å². The largest absolute Gasteiger partial charge is 0.316 e. The van der Waals surface area contributed by atoms with Crippen molar-refractivity contribution in [2.24, 2.45) is 11.8 Å². The van der Waals surface area contributed by atoms with Gasteiger partial charge < -0.3 is 5.32 Å².